The van der Waals surface area contributed by atoms with Crippen LogP contribution in [0.1, 0.15) is 5.56 Å². The van der Waals surface area contributed by atoms with Crippen LogP contribution in [0, 0.1) is 6.92 Å². The van der Waals surface area contributed by atoms with Crippen LogP contribution in [0.3, 0.4) is 0 Å². The predicted octanol–water partition coefficient (Wildman–Crippen LogP) is 1.33. The maximum Gasteiger partial charge on any atom is 0.0620 e. The Hall–Kier alpha value is -0.870. The number of benzene rings is 1. The number of ether oxygens (including phenoxy) is 1. The standard InChI is InChI=1S/C10H15NO2S/c1-8-4-3-5-9(10(8)11)14(12)7-6-13-2/h3-5H,6-7,11H2,1-2H3. The summed E-state index contributed by atoms with van der Waals surface area (Å²) in [4.78, 5) is 0.710. The lowest BCUT2D eigenvalue weighted by Gasteiger charge is -2.07. The average Bonchev–Trinajstić information content (AvgIpc) is 2.18. The van der Waals surface area contributed by atoms with Gasteiger partial charge in [-0.05, 0) is 18.6 Å². The minimum absolute atomic E-state index is 0.486. The largest absolute Gasteiger partial charge is 0.398 e. The van der Waals surface area contributed by atoms with Crippen molar-refractivity contribution >= 4 is 16.5 Å². The fourth-order valence-electron chi connectivity index (χ4n) is 1.12. The van der Waals surface area contributed by atoms with Crippen molar-refractivity contribution < 1.29 is 8.95 Å². The molecule has 0 radical (unpaired) electrons. The number of aryl methyl sites for hydroxylation is 1. The zero-order valence-corrected chi connectivity index (χ0v) is 9.26. The first-order valence-electron chi connectivity index (χ1n) is 4.39. The Morgan fingerprint density at radius 2 is 2.21 bits per heavy atom. The van der Waals surface area contributed by atoms with E-state index in [0.717, 1.165) is 5.56 Å². The topological polar surface area (TPSA) is 52.3 Å². The van der Waals surface area contributed by atoms with Crippen molar-refractivity contribution in [2.24, 2.45) is 0 Å². The van der Waals surface area contributed by atoms with Gasteiger partial charge < -0.3 is 10.5 Å². The Kier molecular flexibility index (Phi) is 4.10. The van der Waals surface area contributed by atoms with E-state index in [0.29, 0.717) is 22.9 Å². The van der Waals surface area contributed by atoms with Gasteiger partial charge in [0.25, 0.3) is 0 Å². The summed E-state index contributed by atoms with van der Waals surface area (Å²) in [5.74, 6) is 0.490. The molecule has 0 heterocycles. The SMILES string of the molecule is COCCS(=O)c1cccc(C)c1N. The first-order chi connectivity index (χ1) is 6.66. The van der Waals surface area contributed by atoms with Gasteiger partial charge >= 0.3 is 0 Å². The molecule has 14 heavy (non-hydrogen) atoms. The van der Waals surface area contributed by atoms with Gasteiger partial charge in [0, 0.05) is 7.11 Å². The highest BCUT2D eigenvalue weighted by atomic mass is 32.2. The summed E-state index contributed by atoms with van der Waals surface area (Å²) in [5, 5.41) is 0. The minimum atomic E-state index is -1.06. The highest BCUT2D eigenvalue weighted by Gasteiger charge is 2.08. The lowest BCUT2D eigenvalue weighted by Crippen LogP contribution is -2.07. The summed E-state index contributed by atoms with van der Waals surface area (Å²) in [6, 6.07) is 5.58. The third-order valence-corrected chi connectivity index (χ3v) is 3.39. The van der Waals surface area contributed by atoms with Crippen molar-refractivity contribution in [1.29, 1.82) is 0 Å². The van der Waals surface area contributed by atoms with Crippen LogP contribution in [0.4, 0.5) is 5.69 Å². The van der Waals surface area contributed by atoms with Gasteiger partial charge in [-0.1, -0.05) is 12.1 Å². The van der Waals surface area contributed by atoms with E-state index in [9.17, 15) is 4.21 Å². The molecule has 3 nitrogen and oxygen atoms in total. The van der Waals surface area contributed by atoms with E-state index in [1.165, 1.54) is 0 Å². The molecule has 1 rings (SSSR count). The van der Waals surface area contributed by atoms with Gasteiger partial charge in [0.15, 0.2) is 0 Å². The maximum absolute atomic E-state index is 11.7. The summed E-state index contributed by atoms with van der Waals surface area (Å²) in [6.07, 6.45) is 0. The first-order valence-corrected chi connectivity index (χ1v) is 5.71. The van der Waals surface area contributed by atoms with Gasteiger partial charge in [-0.3, -0.25) is 4.21 Å². The van der Waals surface area contributed by atoms with E-state index in [4.69, 9.17) is 10.5 Å². The number of nitrogens with two attached hydrogens (primary N) is 1. The fraction of sp³-hybridized carbons (Fsp3) is 0.400. The summed E-state index contributed by atoms with van der Waals surface area (Å²) < 4.78 is 16.6. The van der Waals surface area contributed by atoms with Crippen LogP contribution >= 0.6 is 0 Å². The molecule has 0 aliphatic carbocycles. The Balaban J connectivity index is 2.84. The average molecular weight is 213 g/mol. The first kappa shape index (κ1) is 11.2. The second-order valence-corrected chi connectivity index (χ2v) is 4.57. The number of anilines is 1. The molecule has 0 aromatic heterocycles. The molecule has 0 fully saturated rings. The van der Waals surface area contributed by atoms with E-state index in [2.05, 4.69) is 0 Å². The highest BCUT2D eigenvalue weighted by Crippen LogP contribution is 2.19. The molecule has 0 amide bonds. The fourth-order valence-corrected chi connectivity index (χ4v) is 2.30. The minimum Gasteiger partial charge on any atom is -0.398 e. The summed E-state index contributed by atoms with van der Waals surface area (Å²) >= 11 is 0. The van der Waals surface area contributed by atoms with Crippen LogP contribution < -0.4 is 5.73 Å². The predicted molar refractivity (Wildman–Crippen MR) is 58.7 cm³/mol. The molecule has 1 atom stereocenters. The van der Waals surface area contributed by atoms with Gasteiger partial charge in [0.2, 0.25) is 0 Å². The lowest BCUT2D eigenvalue weighted by molar-refractivity contribution is 0.218. The number of hydrogen-bond acceptors (Lipinski definition) is 3. The van der Waals surface area contributed by atoms with Gasteiger partial charge in [0.1, 0.15) is 0 Å². The molecule has 0 bridgehead atoms. The van der Waals surface area contributed by atoms with Crippen LogP contribution in [0.15, 0.2) is 23.1 Å². The van der Waals surface area contributed by atoms with E-state index >= 15 is 0 Å². The number of rotatable bonds is 4. The third-order valence-electron chi connectivity index (χ3n) is 2.00. The Morgan fingerprint density at radius 1 is 1.50 bits per heavy atom. The summed E-state index contributed by atoms with van der Waals surface area (Å²) in [7, 11) is 0.539. The van der Waals surface area contributed by atoms with Crippen molar-refractivity contribution in [2.75, 3.05) is 25.2 Å². The van der Waals surface area contributed by atoms with Crippen LogP contribution in [0.2, 0.25) is 0 Å². The Bertz CT molecular complexity index is 339. The molecule has 1 aromatic rings. The highest BCUT2D eigenvalue weighted by molar-refractivity contribution is 7.85. The van der Waals surface area contributed by atoms with Crippen molar-refractivity contribution in [3.05, 3.63) is 23.8 Å². The van der Waals surface area contributed by atoms with Gasteiger partial charge in [-0.15, -0.1) is 0 Å². The molecule has 0 aliphatic heterocycles. The molecule has 1 unspecified atom stereocenters. The quantitative estimate of drug-likeness (QED) is 0.768. The van der Waals surface area contributed by atoms with E-state index in [1.54, 1.807) is 13.2 Å². The van der Waals surface area contributed by atoms with E-state index in [1.807, 2.05) is 19.1 Å². The van der Waals surface area contributed by atoms with Crippen molar-refractivity contribution in [3.63, 3.8) is 0 Å². The summed E-state index contributed by atoms with van der Waals surface area (Å²) in [6.45, 7) is 2.40. The molecule has 4 heteroatoms. The van der Waals surface area contributed by atoms with Crippen LogP contribution in [0.25, 0.3) is 0 Å². The van der Waals surface area contributed by atoms with Crippen molar-refractivity contribution in [2.45, 2.75) is 11.8 Å². The van der Waals surface area contributed by atoms with Crippen molar-refractivity contribution in [1.82, 2.24) is 0 Å². The zero-order valence-electron chi connectivity index (χ0n) is 8.45. The van der Waals surface area contributed by atoms with Crippen LogP contribution in [-0.2, 0) is 15.5 Å². The number of hydrogen-bond donors (Lipinski definition) is 1. The van der Waals surface area contributed by atoms with Crippen LogP contribution in [0.5, 0.6) is 0 Å². The second kappa shape index (κ2) is 5.12. The van der Waals surface area contributed by atoms with Crippen LogP contribution in [-0.4, -0.2) is 23.7 Å². The Morgan fingerprint density at radius 3 is 2.86 bits per heavy atom. The van der Waals surface area contributed by atoms with Gasteiger partial charge in [-0.2, -0.15) is 0 Å². The van der Waals surface area contributed by atoms with E-state index in [-0.39, 0.29) is 0 Å². The number of nitrogen functional groups attached to an aromatic ring is 1. The van der Waals surface area contributed by atoms with Gasteiger partial charge in [-0.25, -0.2) is 0 Å². The molecule has 0 saturated heterocycles. The van der Waals surface area contributed by atoms with Crippen molar-refractivity contribution in [3.8, 4) is 0 Å². The number of para-hydroxylation sites is 1. The lowest BCUT2D eigenvalue weighted by atomic mass is 10.2. The van der Waals surface area contributed by atoms with E-state index < -0.39 is 10.8 Å². The maximum atomic E-state index is 11.7. The summed E-state index contributed by atoms with van der Waals surface area (Å²) in [5.41, 5.74) is 7.41. The molecule has 0 saturated carbocycles. The molecule has 2 N–H and O–H groups in total. The molecular weight excluding hydrogens is 198 g/mol. The molecule has 0 spiro atoms. The number of methoxy groups -OCH3 is 1. The molecule has 0 aliphatic rings. The monoisotopic (exact) mass is 213 g/mol. The Labute approximate surface area is 86.7 Å². The smallest absolute Gasteiger partial charge is 0.0620 e. The molecule has 78 valence electrons. The zero-order chi connectivity index (χ0) is 10.6. The molecular formula is C10H15NO2S. The third kappa shape index (κ3) is 2.56. The normalized spacial score (nSPS) is 12.7. The molecule has 1 aromatic carbocycles. The second-order valence-electron chi connectivity index (χ2n) is 3.03. The van der Waals surface area contributed by atoms with Gasteiger partial charge in [0.05, 0.1) is 33.7 Å².